The summed E-state index contributed by atoms with van der Waals surface area (Å²) in [5.41, 5.74) is 0. The molecule has 0 radical (unpaired) electrons. The van der Waals surface area contributed by atoms with Crippen LogP contribution in [0.3, 0.4) is 0 Å². The predicted octanol–water partition coefficient (Wildman–Crippen LogP) is 2.67. The molecule has 0 aromatic carbocycles. The molecule has 0 saturated carbocycles. The van der Waals surface area contributed by atoms with Gasteiger partial charge in [-0.2, -0.15) is 0 Å². The first-order valence-electron chi connectivity index (χ1n) is 6.64. The third-order valence-corrected chi connectivity index (χ3v) is 4.53. The van der Waals surface area contributed by atoms with E-state index < -0.39 is 0 Å². The van der Waals surface area contributed by atoms with E-state index in [1.54, 1.807) is 11.3 Å². The summed E-state index contributed by atoms with van der Waals surface area (Å²) in [6.07, 6.45) is 4.29. The van der Waals surface area contributed by atoms with E-state index in [-0.39, 0.29) is 0 Å². The fourth-order valence-corrected chi connectivity index (χ4v) is 3.54. The maximum Gasteiger partial charge on any atom is 0.110 e. The molecule has 4 heteroatoms. The van der Waals surface area contributed by atoms with Gasteiger partial charge in [0, 0.05) is 36.8 Å². The summed E-state index contributed by atoms with van der Waals surface area (Å²) < 4.78 is 0. The molecule has 0 bridgehead atoms. The highest BCUT2D eigenvalue weighted by Crippen LogP contribution is 2.29. The fraction of sp³-hybridized carbons (Fsp3) is 0.769. The van der Waals surface area contributed by atoms with Gasteiger partial charge in [0.05, 0.1) is 6.04 Å². The van der Waals surface area contributed by atoms with E-state index in [2.05, 4.69) is 41.4 Å². The lowest BCUT2D eigenvalue weighted by Crippen LogP contribution is -2.56. The Bertz CT molecular complexity index is 325. The molecule has 2 rings (SSSR count). The molecule has 1 N–H and O–H groups in total. The van der Waals surface area contributed by atoms with Crippen LogP contribution in [0, 0.1) is 0 Å². The van der Waals surface area contributed by atoms with Crippen molar-refractivity contribution in [2.75, 3.05) is 13.1 Å². The van der Waals surface area contributed by atoms with Gasteiger partial charge in [-0.05, 0) is 19.8 Å². The normalized spacial score (nSPS) is 28.2. The molecule has 1 fully saturated rings. The van der Waals surface area contributed by atoms with Gasteiger partial charge in [0.1, 0.15) is 5.01 Å². The molecule has 3 nitrogen and oxygen atoms in total. The van der Waals surface area contributed by atoms with Gasteiger partial charge in [-0.25, -0.2) is 4.98 Å². The molecule has 3 unspecified atom stereocenters. The molecular weight excluding hydrogens is 230 g/mol. The van der Waals surface area contributed by atoms with Gasteiger partial charge < -0.3 is 5.32 Å². The number of thiazole rings is 1. The zero-order valence-corrected chi connectivity index (χ0v) is 11.8. The Morgan fingerprint density at radius 2 is 2.41 bits per heavy atom. The van der Waals surface area contributed by atoms with Crippen LogP contribution in [0.4, 0.5) is 0 Å². The first-order chi connectivity index (χ1) is 8.26. The Kier molecular flexibility index (Phi) is 4.54. The lowest BCUT2D eigenvalue weighted by Gasteiger charge is -2.42. The Balaban J connectivity index is 2.16. The van der Waals surface area contributed by atoms with Crippen LogP contribution in [-0.4, -0.2) is 35.1 Å². The van der Waals surface area contributed by atoms with E-state index >= 15 is 0 Å². The van der Waals surface area contributed by atoms with Gasteiger partial charge in [-0.3, -0.25) is 4.90 Å². The third kappa shape index (κ3) is 2.87. The molecular formula is C13H23N3S. The van der Waals surface area contributed by atoms with Crippen LogP contribution in [-0.2, 0) is 0 Å². The third-order valence-electron chi connectivity index (χ3n) is 3.65. The second-order valence-corrected chi connectivity index (χ2v) is 5.79. The highest BCUT2D eigenvalue weighted by Gasteiger charge is 2.31. The van der Waals surface area contributed by atoms with Crippen LogP contribution in [0.25, 0.3) is 0 Å². The van der Waals surface area contributed by atoms with Gasteiger partial charge in [0.25, 0.3) is 0 Å². The average molecular weight is 253 g/mol. The second-order valence-electron chi connectivity index (χ2n) is 4.86. The Morgan fingerprint density at radius 1 is 1.59 bits per heavy atom. The zero-order valence-electron chi connectivity index (χ0n) is 11.0. The summed E-state index contributed by atoms with van der Waals surface area (Å²) >= 11 is 1.79. The molecule has 1 saturated heterocycles. The van der Waals surface area contributed by atoms with E-state index in [1.165, 1.54) is 11.4 Å². The molecule has 3 atom stereocenters. The highest BCUT2D eigenvalue weighted by atomic mass is 32.1. The Morgan fingerprint density at radius 3 is 3.00 bits per heavy atom. The number of nitrogens with zero attached hydrogens (tertiary/aromatic N) is 2. The number of rotatable bonds is 4. The minimum Gasteiger partial charge on any atom is -0.311 e. The lowest BCUT2D eigenvalue weighted by atomic mass is 10.0. The first kappa shape index (κ1) is 13.0. The van der Waals surface area contributed by atoms with Crippen LogP contribution >= 0.6 is 11.3 Å². The molecule has 1 aliphatic rings. The topological polar surface area (TPSA) is 28.2 Å². The fourth-order valence-electron chi connectivity index (χ4n) is 2.69. The van der Waals surface area contributed by atoms with E-state index in [1.807, 2.05) is 6.20 Å². The van der Waals surface area contributed by atoms with Crippen molar-refractivity contribution in [2.24, 2.45) is 0 Å². The van der Waals surface area contributed by atoms with Crippen LogP contribution in [0.2, 0.25) is 0 Å². The summed E-state index contributed by atoms with van der Waals surface area (Å²) in [4.78, 5) is 7.17. The molecule has 1 aromatic heterocycles. The van der Waals surface area contributed by atoms with Crippen molar-refractivity contribution in [3.05, 3.63) is 16.6 Å². The largest absolute Gasteiger partial charge is 0.311 e. The van der Waals surface area contributed by atoms with Gasteiger partial charge in [-0.15, -0.1) is 11.3 Å². The Labute approximate surface area is 108 Å². The highest BCUT2D eigenvalue weighted by molar-refractivity contribution is 7.09. The molecule has 0 amide bonds. The molecule has 0 aliphatic carbocycles. The van der Waals surface area contributed by atoms with Crippen molar-refractivity contribution in [1.82, 2.24) is 15.2 Å². The molecule has 17 heavy (non-hydrogen) atoms. The van der Waals surface area contributed by atoms with E-state index in [0.29, 0.717) is 18.1 Å². The minimum absolute atomic E-state index is 0.504. The van der Waals surface area contributed by atoms with Crippen LogP contribution in [0.15, 0.2) is 11.6 Å². The summed E-state index contributed by atoms with van der Waals surface area (Å²) in [5, 5.41) is 6.94. The number of aromatic nitrogens is 1. The standard InChI is InChI=1S/C13H23N3S/c1-4-11-8-15-10(3)9-16(11)12(5-2)13-14-6-7-17-13/h6-7,10-12,15H,4-5,8-9H2,1-3H3. The van der Waals surface area contributed by atoms with Crippen molar-refractivity contribution >= 4 is 11.3 Å². The van der Waals surface area contributed by atoms with Gasteiger partial charge >= 0.3 is 0 Å². The van der Waals surface area contributed by atoms with Gasteiger partial charge in [0.2, 0.25) is 0 Å². The zero-order chi connectivity index (χ0) is 12.3. The average Bonchev–Trinajstić information content (AvgIpc) is 2.84. The van der Waals surface area contributed by atoms with Crippen LogP contribution in [0.5, 0.6) is 0 Å². The monoisotopic (exact) mass is 253 g/mol. The van der Waals surface area contributed by atoms with E-state index in [9.17, 15) is 0 Å². The molecule has 1 aromatic rings. The molecule has 2 heterocycles. The van der Waals surface area contributed by atoms with Crippen molar-refractivity contribution in [3.8, 4) is 0 Å². The van der Waals surface area contributed by atoms with E-state index in [4.69, 9.17) is 0 Å². The van der Waals surface area contributed by atoms with E-state index in [0.717, 1.165) is 19.5 Å². The number of nitrogens with one attached hydrogen (secondary N) is 1. The summed E-state index contributed by atoms with van der Waals surface area (Å²) in [7, 11) is 0. The quantitative estimate of drug-likeness (QED) is 0.894. The van der Waals surface area contributed by atoms with Crippen LogP contribution in [0.1, 0.15) is 44.7 Å². The molecule has 0 spiro atoms. The number of piperazine rings is 1. The minimum atomic E-state index is 0.504. The second kappa shape index (κ2) is 5.94. The molecule has 1 aliphatic heterocycles. The summed E-state index contributed by atoms with van der Waals surface area (Å²) in [5.74, 6) is 0. The van der Waals surface area contributed by atoms with Crippen molar-refractivity contribution in [2.45, 2.75) is 51.7 Å². The SMILES string of the molecule is CCC1CNC(C)CN1C(CC)c1nccs1. The number of hydrogen-bond donors (Lipinski definition) is 1. The summed E-state index contributed by atoms with van der Waals surface area (Å²) in [6, 6.07) is 1.75. The lowest BCUT2D eigenvalue weighted by molar-refractivity contribution is 0.0797. The summed E-state index contributed by atoms with van der Waals surface area (Å²) in [6.45, 7) is 9.07. The van der Waals surface area contributed by atoms with Gasteiger partial charge in [-0.1, -0.05) is 13.8 Å². The van der Waals surface area contributed by atoms with Crippen molar-refractivity contribution < 1.29 is 0 Å². The van der Waals surface area contributed by atoms with Crippen LogP contribution < -0.4 is 5.32 Å². The molecule has 96 valence electrons. The maximum atomic E-state index is 4.51. The smallest absolute Gasteiger partial charge is 0.110 e. The maximum absolute atomic E-state index is 4.51. The number of hydrogen-bond acceptors (Lipinski definition) is 4. The predicted molar refractivity (Wildman–Crippen MR) is 73.4 cm³/mol. The van der Waals surface area contributed by atoms with Crippen molar-refractivity contribution in [1.29, 1.82) is 0 Å². The first-order valence-corrected chi connectivity index (χ1v) is 7.52. The van der Waals surface area contributed by atoms with Crippen molar-refractivity contribution in [3.63, 3.8) is 0 Å². The Hall–Kier alpha value is -0.450. The van der Waals surface area contributed by atoms with Gasteiger partial charge in [0.15, 0.2) is 0 Å².